The zero-order chi connectivity index (χ0) is 14.8. The summed E-state index contributed by atoms with van der Waals surface area (Å²) in [6, 6.07) is 0. The average Bonchev–Trinajstić information content (AvgIpc) is 2.24. The van der Waals surface area contributed by atoms with Crippen molar-refractivity contribution in [2.75, 3.05) is 20.1 Å². The summed E-state index contributed by atoms with van der Waals surface area (Å²) in [6.45, 7) is 6.20. The molecule has 6 heteroatoms. The fourth-order valence-corrected chi connectivity index (χ4v) is 2.43. The minimum Gasteiger partial charge on any atom is -0.481 e. The number of likely N-dealkylation sites (N-methyl/N-ethyl adjacent to an activating group) is 1. The summed E-state index contributed by atoms with van der Waals surface area (Å²) in [6.07, 6.45) is 0.126. The van der Waals surface area contributed by atoms with Gasteiger partial charge < -0.3 is 14.9 Å². The van der Waals surface area contributed by atoms with Crippen molar-refractivity contribution >= 4 is 17.8 Å². The molecule has 1 fully saturated rings. The second kappa shape index (κ2) is 5.59. The summed E-state index contributed by atoms with van der Waals surface area (Å²) in [5.41, 5.74) is -0.854. The Kier molecular flexibility index (Phi) is 4.55. The molecule has 19 heavy (non-hydrogen) atoms. The average molecular weight is 270 g/mol. The molecule has 0 aromatic carbocycles. The van der Waals surface area contributed by atoms with Crippen LogP contribution in [0.3, 0.4) is 0 Å². The largest absolute Gasteiger partial charge is 0.481 e. The Morgan fingerprint density at radius 3 is 2.42 bits per heavy atom. The first-order valence-corrected chi connectivity index (χ1v) is 6.44. The molecule has 0 radical (unpaired) electrons. The SMILES string of the molecule is CC(CC(=O)O)CC(=O)N1CCN(C)C(=O)C1(C)C. The third-order valence-electron chi connectivity index (χ3n) is 3.55. The second-order valence-electron chi connectivity index (χ2n) is 5.74. The number of piperazine rings is 1. The number of hydrogen-bond acceptors (Lipinski definition) is 3. The van der Waals surface area contributed by atoms with E-state index in [-0.39, 0.29) is 30.6 Å². The summed E-state index contributed by atoms with van der Waals surface area (Å²) >= 11 is 0. The number of carboxylic acid groups (broad SMARTS) is 1. The van der Waals surface area contributed by atoms with Gasteiger partial charge in [-0.25, -0.2) is 0 Å². The minimum absolute atomic E-state index is 0.0339. The van der Waals surface area contributed by atoms with Crippen LogP contribution in [-0.2, 0) is 14.4 Å². The summed E-state index contributed by atoms with van der Waals surface area (Å²) < 4.78 is 0. The third-order valence-corrected chi connectivity index (χ3v) is 3.55. The highest BCUT2D eigenvalue weighted by molar-refractivity contribution is 5.91. The first kappa shape index (κ1) is 15.5. The molecule has 0 bridgehead atoms. The van der Waals surface area contributed by atoms with Crippen molar-refractivity contribution in [2.24, 2.45) is 5.92 Å². The Morgan fingerprint density at radius 1 is 1.32 bits per heavy atom. The van der Waals surface area contributed by atoms with Gasteiger partial charge in [0.25, 0.3) is 0 Å². The van der Waals surface area contributed by atoms with E-state index in [4.69, 9.17) is 5.11 Å². The Balaban J connectivity index is 2.71. The van der Waals surface area contributed by atoms with Crippen LogP contribution in [0.2, 0.25) is 0 Å². The van der Waals surface area contributed by atoms with Gasteiger partial charge in [-0.05, 0) is 19.8 Å². The van der Waals surface area contributed by atoms with E-state index in [1.54, 1.807) is 37.6 Å². The molecule has 6 nitrogen and oxygen atoms in total. The highest BCUT2D eigenvalue weighted by Gasteiger charge is 2.42. The van der Waals surface area contributed by atoms with Crippen LogP contribution in [0.15, 0.2) is 0 Å². The summed E-state index contributed by atoms with van der Waals surface area (Å²) in [5.74, 6) is -1.37. The van der Waals surface area contributed by atoms with Crippen LogP contribution in [-0.4, -0.2) is 58.4 Å². The first-order valence-electron chi connectivity index (χ1n) is 6.44. The number of carboxylic acids is 1. The maximum absolute atomic E-state index is 12.2. The van der Waals surface area contributed by atoms with Crippen molar-refractivity contribution in [3.63, 3.8) is 0 Å². The molecule has 1 aliphatic heterocycles. The molecule has 0 aromatic rings. The fourth-order valence-electron chi connectivity index (χ4n) is 2.43. The number of amides is 2. The summed E-state index contributed by atoms with van der Waals surface area (Å²) in [7, 11) is 1.72. The lowest BCUT2D eigenvalue weighted by atomic mass is 9.95. The van der Waals surface area contributed by atoms with Gasteiger partial charge in [0.15, 0.2) is 0 Å². The maximum Gasteiger partial charge on any atom is 0.303 e. The molecule has 0 aliphatic carbocycles. The van der Waals surface area contributed by atoms with Crippen LogP contribution in [0, 0.1) is 5.92 Å². The predicted molar refractivity (Wildman–Crippen MR) is 69.5 cm³/mol. The normalized spacial score (nSPS) is 20.3. The fraction of sp³-hybridized carbons (Fsp3) is 0.769. The topological polar surface area (TPSA) is 77.9 Å². The number of carbonyl (C=O) groups is 3. The first-order chi connectivity index (χ1) is 8.66. The molecular weight excluding hydrogens is 248 g/mol. The zero-order valence-electron chi connectivity index (χ0n) is 12.0. The van der Waals surface area contributed by atoms with E-state index < -0.39 is 11.5 Å². The lowest BCUT2D eigenvalue weighted by molar-refractivity contribution is -0.157. The summed E-state index contributed by atoms with van der Waals surface area (Å²) in [5, 5.41) is 8.70. The van der Waals surface area contributed by atoms with Crippen LogP contribution in [0.4, 0.5) is 0 Å². The Labute approximate surface area is 113 Å². The highest BCUT2D eigenvalue weighted by atomic mass is 16.4. The van der Waals surface area contributed by atoms with Crippen LogP contribution < -0.4 is 0 Å². The van der Waals surface area contributed by atoms with Gasteiger partial charge in [-0.2, -0.15) is 0 Å². The van der Waals surface area contributed by atoms with Gasteiger partial charge >= 0.3 is 5.97 Å². The van der Waals surface area contributed by atoms with E-state index in [0.29, 0.717) is 13.1 Å². The smallest absolute Gasteiger partial charge is 0.303 e. The van der Waals surface area contributed by atoms with Crippen LogP contribution in [0.1, 0.15) is 33.6 Å². The Hall–Kier alpha value is -1.59. The van der Waals surface area contributed by atoms with E-state index in [2.05, 4.69) is 0 Å². The van der Waals surface area contributed by atoms with E-state index in [9.17, 15) is 14.4 Å². The van der Waals surface area contributed by atoms with Gasteiger partial charge in [-0.15, -0.1) is 0 Å². The van der Waals surface area contributed by atoms with Crippen LogP contribution >= 0.6 is 0 Å². The molecule has 108 valence electrons. The van der Waals surface area contributed by atoms with Gasteiger partial charge in [0.2, 0.25) is 11.8 Å². The number of rotatable bonds is 4. The highest BCUT2D eigenvalue weighted by Crippen LogP contribution is 2.24. The standard InChI is InChI=1S/C13H22N2O4/c1-9(8-11(17)18)7-10(16)15-6-5-14(4)12(19)13(15,2)3/h9H,5-8H2,1-4H3,(H,17,18). The molecule has 1 heterocycles. The van der Waals surface area contributed by atoms with E-state index >= 15 is 0 Å². The monoisotopic (exact) mass is 270 g/mol. The van der Waals surface area contributed by atoms with E-state index in [1.165, 1.54) is 0 Å². The van der Waals surface area contributed by atoms with Crippen molar-refractivity contribution in [1.29, 1.82) is 0 Å². The molecule has 0 aromatic heterocycles. The molecule has 0 saturated carbocycles. The van der Waals surface area contributed by atoms with Gasteiger partial charge in [-0.1, -0.05) is 6.92 Å². The molecule has 1 N–H and O–H groups in total. The van der Waals surface area contributed by atoms with Crippen molar-refractivity contribution in [3.05, 3.63) is 0 Å². The molecule has 1 rings (SSSR count). The Bertz CT molecular complexity index is 392. The molecule has 1 saturated heterocycles. The van der Waals surface area contributed by atoms with E-state index in [0.717, 1.165) is 0 Å². The van der Waals surface area contributed by atoms with Crippen LogP contribution in [0.5, 0.6) is 0 Å². The van der Waals surface area contributed by atoms with Crippen molar-refractivity contribution in [1.82, 2.24) is 9.80 Å². The van der Waals surface area contributed by atoms with Gasteiger partial charge in [0.1, 0.15) is 5.54 Å². The van der Waals surface area contributed by atoms with Gasteiger partial charge in [-0.3, -0.25) is 14.4 Å². The zero-order valence-corrected chi connectivity index (χ0v) is 12.0. The Morgan fingerprint density at radius 2 is 1.89 bits per heavy atom. The quantitative estimate of drug-likeness (QED) is 0.810. The number of hydrogen-bond donors (Lipinski definition) is 1. The molecule has 1 unspecified atom stereocenters. The van der Waals surface area contributed by atoms with Gasteiger partial charge in [0.05, 0.1) is 0 Å². The molecule has 1 aliphatic rings. The second-order valence-corrected chi connectivity index (χ2v) is 5.74. The third kappa shape index (κ3) is 3.45. The lowest BCUT2D eigenvalue weighted by Gasteiger charge is -2.45. The predicted octanol–water partition coefficient (Wildman–Crippen LogP) is 0.566. The molecule has 1 atom stereocenters. The van der Waals surface area contributed by atoms with E-state index in [1.807, 2.05) is 0 Å². The summed E-state index contributed by atoms with van der Waals surface area (Å²) in [4.78, 5) is 38.1. The number of nitrogens with zero attached hydrogens (tertiary/aromatic N) is 2. The lowest BCUT2D eigenvalue weighted by Crippen LogP contribution is -2.63. The van der Waals surface area contributed by atoms with Crippen molar-refractivity contribution < 1.29 is 19.5 Å². The van der Waals surface area contributed by atoms with Gasteiger partial charge in [0, 0.05) is 33.0 Å². The molecule has 0 spiro atoms. The molecular formula is C13H22N2O4. The number of aliphatic carboxylic acids is 1. The van der Waals surface area contributed by atoms with Crippen LogP contribution in [0.25, 0.3) is 0 Å². The minimum atomic E-state index is -0.908. The van der Waals surface area contributed by atoms with Crippen molar-refractivity contribution in [3.8, 4) is 0 Å². The molecule has 2 amide bonds. The number of carbonyl (C=O) groups excluding carboxylic acids is 2. The maximum atomic E-state index is 12.2. The van der Waals surface area contributed by atoms with Crippen molar-refractivity contribution in [2.45, 2.75) is 39.2 Å².